The summed E-state index contributed by atoms with van der Waals surface area (Å²) in [5.74, 6) is -0.596. The Morgan fingerprint density at radius 2 is 2.11 bits per heavy atom. The molecule has 3 aliphatic rings. The van der Waals surface area contributed by atoms with Gasteiger partial charge in [-0.25, -0.2) is 0 Å². The lowest BCUT2D eigenvalue weighted by atomic mass is 9.52. The van der Waals surface area contributed by atoms with E-state index in [9.17, 15) is 10.2 Å². The van der Waals surface area contributed by atoms with Gasteiger partial charge in [0.05, 0.1) is 0 Å². The van der Waals surface area contributed by atoms with Crippen LogP contribution >= 0.6 is 0 Å². The zero-order valence-corrected chi connectivity index (χ0v) is 11.5. The molecule has 2 fully saturated rings. The summed E-state index contributed by atoms with van der Waals surface area (Å²) in [4.78, 5) is 0. The molecule has 1 saturated heterocycles. The topological polar surface area (TPSA) is 49.7 Å². The molecule has 1 aliphatic heterocycles. The maximum absolute atomic E-state index is 10.8. The van der Waals surface area contributed by atoms with Gasteiger partial charge in [0.15, 0.2) is 12.1 Å². The second-order valence-electron chi connectivity index (χ2n) is 6.68. The fraction of sp³-hybridized carbons (Fsp3) is 0.867. The van der Waals surface area contributed by atoms with E-state index in [1.165, 1.54) is 5.57 Å². The van der Waals surface area contributed by atoms with E-state index >= 15 is 0 Å². The molecule has 1 saturated carbocycles. The smallest absolute Gasteiger partial charge is 0.173 e. The third-order valence-corrected chi connectivity index (χ3v) is 5.89. The summed E-state index contributed by atoms with van der Waals surface area (Å²) in [6, 6.07) is 0. The fourth-order valence-corrected chi connectivity index (χ4v) is 4.73. The van der Waals surface area contributed by atoms with E-state index in [0.29, 0.717) is 12.3 Å². The number of hydrogen-bond acceptors (Lipinski definition) is 3. The first-order chi connectivity index (χ1) is 8.39. The van der Waals surface area contributed by atoms with Gasteiger partial charge < -0.3 is 14.9 Å². The third kappa shape index (κ3) is 1.41. The van der Waals surface area contributed by atoms with Gasteiger partial charge in [-0.05, 0) is 30.6 Å². The average Bonchev–Trinajstić information content (AvgIpc) is 2.53. The van der Waals surface area contributed by atoms with Crippen LogP contribution in [-0.4, -0.2) is 22.3 Å². The van der Waals surface area contributed by atoms with Crippen molar-refractivity contribution in [3.63, 3.8) is 0 Å². The van der Waals surface area contributed by atoms with Crippen LogP contribution < -0.4 is 0 Å². The maximum Gasteiger partial charge on any atom is 0.173 e. The molecule has 6 atom stereocenters. The van der Waals surface area contributed by atoms with Gasteiger partial charge in [0, 0.05) is 18.3 Å². The second-order valence-corrected chi connectivity index (χ2v) is 6.68. The lowest BCUT2D eigenvalue weighted by molar-refractivity contribution is -0.269. The van der Waals surface area contributed by atoms with Crippen LogP contribution in [0.1, 0.15) is 46.5 Å². The lowest BCUT2D eigenvalue weighted by Gasteiger charge is -2.54. The standard InChI is InChI=1S/C15H24O3/c1-9-5-4-6-11-7-8-15(17)12(14(9,11)3)10(2)13(16)18-15/h6,9-10,12-13,16-17H,4-5,7-8H2,1-3H3. The minimum absolute atomic E-state index is 0.00954. The number of fused-ring (bicyclic) bond motifs is 3. The SMILES string of the molecule is CC1C(O)OC2(O)CCC3=CCCC(C)C3(C)C12. The molecule has 0 aromatic carbocycles. The Balaban J connectivity index is 2.09. The van der Waals surface area contributed by atoms with E-state index in [2.05, 4.69) is 19.9 Å². The van der Waals surface area contributed by atoms with Gasteiger partial charge in [0.1, 0.15) is 0 Å². The van der Waals surface area contributed by atoms with Gasteiger partial charge in [0.25, 0.3) is 0 Å². The van der Waals surface area contributed by atoms with Crippen molar-refractivity contribution in [1.29, 1.82) is 0 Å². The van der Waals surface area contributed by atoms with E-state index < -0.39 is 12.1 Å². The van der Waals surface area contributed by atoms with E-state index in [4.69, 9.17) is 4.74 Å². The van der Waals surface area contributed by atoms with Crippen molar-refractivity contribution in [1.82, 2.24) is 0 Å². The molecule has 102 valence electrons. The Hall–Kier alpha value is -0.380. The minimum Gasteiger partial charge on any atom is -0.368 e. The quantitative estimate of drug-likeness (QED) is 0.651. The molecular weight excluding hydrogens is 228 g/mol. The molecule has 0 amide bonds. The number of rotatable bonds is 0. The number of aliphatic hydroxyl groups is 2. The highest BCUT2D eigenvalue weighted by Gasteiger charge is 2.63. The van der Waals surface area contributed by atoms with Crippen LogP contribution in [0.25, 0.3) is 0 Å². The molecule has 6 unspecified atom stereocenters. The molecule has 2 aliphatic carbocycles. The van der Waals surface area contributed by atoms with E-state index in [0.717, 1.165) is 19.3 Å². The maximum atomic E-state index is 10.8. The van der Waals surface area contributed by atoms with Crippen LogP contribution in [0.3, 0.4) is 0 Å². The minimum atomic E-state index is -1.13. The Kier molecular flexibility index (Phi) is 2.68. The molecule has 0 radical (unpaired) electrons. The van der Waals surface area contributed by atoms with E-state index in [-0.39, 0.29) is 17.3 Å². The summed E-state index contributed by atoms with van der Waals surface area (Å²) in [6.45, 7) is 6.54. The van der Waals surface area contributed by atoms with Gasteiger partial charge in [-0.2, -0.15) is 0 Å². The van der Waals surface area contributed by atoms with Crippen molar-refractivity contribution < 1.29 is 14.9 Å². The molecular formula is C15H24O3. The fourth-order valence-electron chi connectivity index (χ4n) is 4.73. The van der Waals surface area contributed by atoms with E-state index in [1.807, 2.05) is 6.92 Å². The van der Waals surface area contributed by atoms with Gasteiger partial charge in [-0.15, -0.1) is 0 Å². The largest absolute Gasteiger partial charge is 0.368 e. The summed E-state index contributed by atoms with van der Waals surface area (Å²) >= 11 is 0. The molecule has 3 nitrogen and oxygen atoms in total. The first-order valence-corrected chi connectivity index (χ1v) is 7.17. The summed E-state index contributed by atoms with van der Waals surface area (Å²) in [5.41, 5.74) is 1.45. The summed E-state index contributed by atoms with van der Waals surface area (Å²) in [7, 11) is 0. The Labute approximate surface area is 109 Å². The Morgan fingerprint density at radius 1 is 1.39 bits per heavy atom. The number of allylic oxidation sites excluding steroid dienone is 2. The molecule has 3 heteroatoms. The lowest BCUT2D eigenvalue weighted by Crippen LogP contribution is -2.53. The van der Waals surface area contributed by atoms with Gasteiger partial charge in [-0.3, -0.25) is 0 Å². The number of ether oxygens (including phenoxy) is 1. The number of hydrogen-bond donors (Lipinski definition) is 2. The van der Waals surface area contributed by atoms with Crippen LogP contribution in [0.15, 0.2) is 11.6 Å². The van der Waals surface area contributed by atoms with Crippen LogP contribution in [-0.2, 0) is 4.74 Å². The highest BCUT2D eigenvalue weighted by Crippen LogP contribution is 2.62. The second kappa shape index (κ2) is 3.81. The van der Waals surface area contributed by atoms with Crippen molar-refractivity contribution in [2.75, 3.05) is 0 Å². The Bertz CT molecular complexity index is 391. The van der Waals surface area contributed by atoms with Crippen molar-refractivity contribution in [3.8, 4) is 0 Å². The first-order valence-electron chi connectivity index (χ1n) is 7.17. The molecule has 0 bridgehead atoms. The number of aliphatic hydroxyl groups excluding tert-OH is 1. The van der Waals surface area contributed by atoms with Crippen LogP contribution in [0, 0.1) is 23.2 Å². The van der Waals surface area contributed by atoms with Crippen molar-refractivity contribution in [2.24, 2.45) is 23.2 Å². The molecule has 0 aromatic heterocycles. The zero-order valence-electron chi connectivity index (χ0n) is 11.5. The van der Waals surface area contributed by atoms with Crippen molar-refractivity contribution in [3.05, 3.63) is 11.6 Å². The molecule has 2 N–H and O–H groups in total. The first kappa shape index (κ1) is 12.6. The predicted molar refractivity (Wildman–Crippen MR) is 68.5 cm³/mol. The van der Waals surface area contributed by atoms with Crippen LogP contribution in [0.5, 0.6) is 0 Å². The molecule has 1 heterocycles. The van der Waals surface area contributed by atoms with Crippen molar-refractivity contribution in [2.45, 2.75) is 58.5 Å². The van der Waals surface area contributed by atoms with Crippen LogP contribution in [0.2, 0.25) is 0 Å². The normalized spacial score (nSPS) is 55.7. The van der Waals surface area contributed by atoms with Crippen molar-refractivity contribution >= 4 is 0 Å². The molecule has 3 rings (SSSR count). The predicted octanol–water partition coefficient (Wildman–Crippen LogP) is 2.43. The Morgan fingerprint density at radius 3 is 2.83 bits per heavy atom. The van der Waals surface area contributed by atoms with Gasteiger partial charge in [0.2, 0.25) is 0 Å². The molecule has 0 aromatic rings. The monoisotopic (exact) mass is 252 g/mol. The van der Waals surface area contributed by atoms with Gasteiger partial charge >= 0.3 is 0 Å². The van der Waals surface area contributed by atoms with Gasteiger partial charge in [-0.1, -0.05) is 32.4 Å². The van der Waals surface area contributed by atoms with Crippen LogP contribution in [0.4, 0.5) is 0 Å². The highest BCUT2D eigenvalue weighted by atomic mass is 16.7. The third-order valence-electron chi connectivity index (χ3n) is 5.89. The molecule has 18 heavy (non-hydrogen) atoms. The molecule has 0 spiro atoms. The summed E-state index contributed by atoms with van der Waals surface area (Å²) in [6.07, 6.45) is 5.35. The summed E-state index contributed by atoms with van der Waals surface area (Å²) in [5, 5.41) is 20.7. The summed E-state index contributed by atoms with van der Waals surface area (Å²) < 4.78 is 5.51. The highest BCUT2D eigenvalue weighted by molar-refractivity contribution is 5.26. The zero-order chi connectivity index (χ0) is 13.1. The van der Waals surface area contributed by atoms with E-state index in [1.54, 1.807) is 0 Å². The average molecular weight is 252 g/mol.